The number of oxazole rings is 1. The first kappa shape index (κ1) is 31.1. The minimum Gasteiger partial charge on any atom is -0.435 e. The van der Waals surface area contributed by atoms with Gasteiger partial charge in [-0.25, -0.2) is 4.98 Å². The van der Waals surface area contributed by atoms with Crippen molar-refractivity contribution in [2.24, 2.45) is 0 Å². The molecule has 0 radical (unpaired) electrons. The molecule has 4 heteroatoms. The molecule has 0 N–H and O–H groups in total. The fourth-order valence-corrected chi connectivity index (χ4v) is 8.20. The number of fused-ring (bicyclic) bond motifs is 8. The Morgan fingerprint density at radius 1 is 0.418 bits per heavy atom. The highest BCUT2D eigenvalue weighted by Crippen LogP contribution is 2.42. The number of nitrogens with zero attached hydrogens (tertiary/aromatic N) is 3. The molecule has 4 nitrogen and oxygen atoms in total. The highest BCUT2D eigenvalue weighted by Gasteiger charge is 2.19. The lowest BCUT2D eigenvalue weighted by molar-refractivity contribution is 0.623. The van der Waals surface area contributed by atoms with Gasteiger partial charge in [-0.3, -0.25) is 0 Å². The van der Waals surface area contributed by atoms with Crippen LogP contribution in [0.4, 0.5) is 17.1 Å². The average Bonchev–Trinajstić information content (AvgIpc) is 3.84. The van der Waals surface area contributed by atoms with Gasteiger partial charge in [0.05, 0.1) is 11.0 Å². The lowest BCUT2D eigenvalue weighted by atomic mass is 10.00. The second-order valence-electron chi connectivity index (χ2n) is 14.0. The van der Waals surface area contributed by atoms with Crippen LogP contribution in [0, 0.1) is 0 Å². The summed E-state index contributed by atoms with van der Waals surface area (Å²) in [4.78, 5) is 7.25. The van der Waals surface area contributed by atoms with Crippen LogP contribution >= 0.6 is 0 Å². The molecule has 11 aromatic rings. The second-order valence-corrected chi connectivity index (χ2v) is 14.0. The van der Waals surface area contributed by atoms with Gasteiger partial charge in [-0.15, -0.1) is 0 Å². The van der Waals surface area contributed by atoms with Gasteiger partial charge in [0.1, 0.15) is 5.52 Å². The van der Waals surface area contributed by atoms with E-state index in [1.807, 2.05) is 30.3 Å². The van der Waals surface area contributed by atoms with Crippen molar-refractivity contribution >= 4 is 71.5 Å². The van der Waals surface area contributed by atoms with E-state index in [0.717, 1.165) is 66.5 Å². The van der Waals surface area contributed by atoms with Gasteiger partial charge >= 0.3 is 0 Å². The summed E-state index contributed by atoms with van der Waals surface area (Å²) in [7, 11) is 0. The molecule has 2 aromatic heterocycles. The Bertz CT molecular complexity index is 3180. The third-order valence-corrected chi connectivity index (χ3v) is 10.8. The first-order valence-corrected chi connectivity index (χ1v) is 18.6. The van der Waals surface area contributed by atoms with Crippen molar-refractivity contribution in [3.63, 3.8) is 0 Å². The van der Waals surface area contributed by atoms with Crippen LogP contribution in [-0.4, -0.2) is 9.55 Å². The Balaban J connectivity index is 1.11. The molecule has 0 unspecified atom stereocenters. The van der Waals surface area contributed by atoms with E-state index in [1.165, 1.54) is 27.4 Å². The number of aromatic nitrogens is 2. The highest BCUT2D eigenvalue weighted by atomic mass is 16.3. The molecule has 258 valence electrons. The summed E-state index contributed by atoms with van der Waals surface area (Å²) in [5.74, 6) is 0.630. The number of hydrogen-bond acceptors (Lipinski definition) is 3. The van der Waals surface area contributed by atoms with Crippen molar-refractivity contribution in [3.8, 4) is 28.3 Å². The first-order chi connectivity index (χ1) is 27.3. The molecule has 0 aliphatic heterocycles. The highest BCUT2D eigenvalue weighted by molar-refractivity contribution is 6.18. The molecule has 0 saturated heterocycles. The van der Waals surface area contributed by atoms with Crippen LogP contribution in [0.25, 0.3) is 82.7 Å². The van der Waals surface area contributed by atoms with E-state index in [0.29, 0.717) is 5.89 Å². The van der Waals surface area contributed by atoms with Crippen molar-refractivity contribution in [2.45, 2.75) is 0 Å². The Kier molecular flexibility index (Phi) is 7.14. The number of hydrogen-bond donors (Lipinski definition) is 0. The minimum atomic E-state index is 0.630. The number of anilines is 3. The van der Waals surface area contributed by atoms with Crippen LogP contribution in [0.5, 0.6) is 0 Å². The Morgan fingerprint density at radius 2 is 1.00 bits per heavy atom. The summed E-state index contributed by atoms with van der Waals surface area (Å²) in [6, 6.07) is 71.1. The van der Waals surface area contributed by atoms with Gasteiger partial charge in [-0.1, -0.05) is 127 Å². The molecule has 11 rings (SSSR count). The molecule has 2 heterocycles. The number of para-hydroxylation sites is 2. The van der Waals surface area contributed by atoms with Crippen LogP contribution in [0.3, 0.4) is 0 Å². The average molecular weight is 704 g/mol. The lowest BCUT2D eigenvalue weighted by Crippen LogP contribution is -2.10. The Hall–Kier alpha value is -7.43. The van der Waals surface area contributed by atoms with Crippen LogP contribution in [0.1, 0.15) is 0 Å². The van der Waals surface area contributed by atoms with E-state index in [9.17, 15) is 0 Å². The molecule has 55 heavy (non-hydrogen) atoms. The quantitative estimate of drug-likeness (QED) is 0.162. The summed E-state index contributed by atoms with van der Waals surface area (Å²) in [6.45, 7) is 0. The predicted molar refractivity (Wildman–Crippen MR) is 229 cm³/mol. The number of rotatable bonds is 6. The predicted octanol–water partition coefficient (Wildman–Crippen LogP) is 14.0. The molecule has 9 aromatic carbocycles. The summed E-state index contributed by atoms with van der Waals surface area (Å²) < 4.78 is 8.91. The normalized spacial score (nSPS) is 11.6. The fourth-order valence-electron chi connectivity index (χ4n) is 8.20. The van der Waals surface area contributed by atoms with Crippen LogP contribution < -0.4 is 4.90 Å². The molecule has 0 spiro atoms. The Labute approximate surface area is 317 Å². The maximum atomic E-state index is 6.53. The van der Waals surface area contributed by atoms with E-state index in [1.54, 1.807) is 0 Å². The van der Waals surface area contributed by atoms with Crippen molar-refractivity contribution in [3.05, 3.63) is 200 Å². The molecule has 0 aliphatic rings. The zero-order valence-electron chi connectivity index (χ0n) is 29.8. The summed E-state index contributed by atoms with van der Waals surface area (Å²) >= 11 is 0. The minimum absolute atomic E-state index is 0.630. The first-order valence-electron chi connectivity index (χ1n) is 18.6. The molecular formula is C51H33N3O. The van der Waals surface area contributed by atoms with Gasteiger partial charge in [-0.05, 0) is 100 Å². The topological polar surface area (TPSA) is 34.2 Å². The molecule has 0 bridgehead atoms. The third-order valence-electron chi connectivity index (χ3n) is 10.8. The van der Waals surface area contributed by atoms with Crippen molar-refractivity contribution in [1.82, 2.24) is 9.55 Å². The smallest absolute Gasteiger partial charge is 0.227 e. The SMILES string of the molecule is c1ccc(-c2ccc(N(c3ccc4c(ccc5ccc6nc(-c7ccccc7)oc6c54)c3)c3ccc4c5ccccc5n(-c5ccccc5)c4c3)cc2)cc1. The fraction of sp³-hybridized carbons (Fsp3) is 0. The number of benzene rings is 9. The van der Waals surface area contributed by atoms with E-state index in [-0.39, 0.29) is 0 Å². The van der Waals surface area contributed by atoms with Gasteiger partial charge in [0.15, 0.2) is 5.58 Å². The summed E-state index contributed by atoms with van der Waals surface area (Å²) in [6.07, 6.45) is 0. The van der Waals surface area contributed by atoms with Crippen LogP contribution in [-0.2, 0) is 0 Å². The summed E-state index contributed by atoms with van der Waals surface area (Å²) in [5.41, 5.74) is 11.7. The van der Waals surface area contributed by atoms with Crippen molar-refractivity contribution in [2.75, 3.05) is 4.90 Å². The molecule has 0 atom stereocenters. The maximum absolute atomic E-state index is 6.53. The third kappa shape index (κ3) is 5.19. The largest absolute Gasteiger partial charge is 0.435 e. The van der Waals surface area contributed by atoms with Gasteiger partial charge < -0.3 is 13.9 Å². The Morgan fingerprint density at radius 3 is 1.78 bits per heavy atom. The van der Waals surface area contributed by atoms with Crippen LogP contribution in [0.2, 0.25) is 0 Å². The maximum Gasteiger partial charge on any atom is 0.227 e. The molecule has 0 aliphatic carbocycles. The molecular weight excluding hydrogens is 671 g/mol. The van der Waals surface area contributed by atoms with E-state index < -0.39 is 0 Å². The van der Waals surface area contributed by atoms with Crippen molar-refractivity contribution < 1.29 is 4.42 Å². The van der Waals surface area contributed by atoms with Gasteiger partial charge in [0.25, 0.3) is 0 Å². The van der Waals surface area contributed by atoms with E-state index in [4.69, 9.17) is 9.40 Å². The van der Waals surface area contributed by atoms with Gasteiger partial charge in [-0.2, -0.15) is 0 Å². The monoisotopic (exact) mass is 703 g/mol. The summed E-state index contributed by atoms with van der Waals surface area (Å²) in [5, 5.41) is 6.90. The molecule has 0 amide bonds. The molecule has 0 saturated carbocycles. The van der Waals surface area contributed by atoms with Gasteiger partial charge in [0, 0.05) is 44.5 Å². The standard InChI is InChI=1S/C51H33N3O/c1-4-12-34(13-5-1)35-22-25-40(26-23-35)53(42-28-30-45-44-18-10-11-19-47(44)54(48(45)33-42)39-16-8-3-9-17-39)41-27-29-43-38(32-41)21-20-36-24-31-46-50(49(36)43)55-51(52-46)37-14-6-2-7-15-37/h1-33H. The van der Waals surface area contributed by atoms with Gasteiger partial charge in [0.2, 0.25) is 5.89 Å². The zero-order chi connectivity index (χ0) is 36.3. The molecule has 0 fully saturated rings. The second kappa shape index (κ2) is 12.6. The van der Waals surface area contributed by atoms with Crippen LogP contribution in [0.15, 0.2) is 205 Å². The van der Waals surface area contributed by atoms with E-state index >= 15 is 0 Å². The lowest BCUT2D eigenvalue weighted by Gasteiger charge is -2.26. The van der Waals surface area contributed by atoms with E-state index in [2.05, 4.69) is 179 Å². The zero-order valence-corrected chi connectivity index (χ0v) is 29.8. The van der Waals surface area contributed by atoms with Crippen molar-refractivity contribution in [1.29, 1.82) is 0 Å².